The van der Waals surface area contributed by atoms with Crippen LogP contribution in [0.4, 0.5) is 0 Å². The summed E-state index contributed by atoms with van der Waals surface area (Å²) < 4.78 is 7.47. The molecule has 19 heavy (non-hydrogen) atoms. The molecular formula is C15H18N2O2. The minimum atomic E-state index is 0.0595. The first-order valence-corrected chi connectivity index (χ1v) is 6.39. The third-order valence-electron chi connectivity index (χ3n) is 3.01. The Morgan fingerprint density at radius 3 is 2.68 bits per heavy atom. The Balaban J connectivity index is 1.82. The van der Waals surface area contributed by atoms with Crippen molar-refractivity contribution >= 4 is 5.78 Å². The Labute approximate surface area is 113 Å². The summed E-state index contributed by atoms with van der Waals surface area (Å²) in [7, 11) is 0. The number of ketones is 1. The lowest BCUT2D eigenvalue weighted by Crippen LogP contribution is -2.08. The second-order valence-electron chi connectivity index (χ2n) is 4.44. The van der Waals surface area contributed by atoms with Crippen LogP contribution in [0.2, 0.25) is 0 Å². The third-order valence-corrected chi connectivity index (χ3v) is 3.01. The van der Waals surface area contributed by atoms with Crippen molar-refractivity contribution in [2.45, 2.75) is 26.8 Å². The molecule has 0 aliphatic rings. The smallest absolute Gasteiger partial charge is 0.163 e. The number of benzene rings is 1. The van der Waals surface area contributed by atoms with E-state index in [2.05, 4.69) is 5.10 Å². The van der Waals surface area contributed by atoms with E-state index in [0.29, 0.717) is 12.2 Å². The van der Waals surface area contributed by atoms with E-state index >= 15 is 0 Å². The van der Waals surface area contributed by atoms with Crippen LogP contribution in [0, 0.1) is 6.92 Å². The molecule has 0 unspecified atom stereocenters. The SMILES string of the molecule is CC(=O)c1cnn(CCCOc2ccccc2)c1C. The fraction of sp³-hybridized carbons (Fsp3) is 0.333. The Hall–Kier alpha value is -2.10. The van der Waals surface area contributed by atoms with Gasteiger partial charge >= 0.3 is 0 Å². The van der Waals surface area contributed by atoms with Crippen LogP contribution < -0.4 is 4.74 Å². The minimum absolute atomic E-state index is 0.0595. The minimum Gasteiger partial charge on any atom is -0.494 e. The molecular weight excluding hydrogens is 240 g/mol. The Morgan fingerprint density at radius 2 is 2.05 bits per heavy atom. The van der Waals surface area contributed by atoms with Gasteiger partial charge in [-0.05, 0) is 26.0 Å². The van der Waals surface area contributed by atoms with Crippen LogP contribution in [-0.2, 0) is 6.54 Å². The van der Waals surface area contributed by atoms with Gasteiger partial charge in [-0.1, -0.05) is 18.2 Å². The molecule has 0 spiro atoms. The summed E-state index contributed by atoms with van der Waals surface area (Å²) in [5.41, 5.74) is 1.62. The van der Waals surface area contributed by atoms with Gasteiger partial charge in [-0.15, -0.1) is 0 Å². The number of carbonyl (C=O) groups excluding carboxylic acids is 1. The predicted molar refractivity (Wildman–Crippen MR) is 73.5 cm³/mol. The van der Waals surface area contributed by atoms with Gasteiger partial charge in [0.05, 0.1) is 18.4 Å². The van der Waals surface area contributed by atoms with E-state index in [4.69, 9.17) is 4.74 Å². The number of aromatic nitrogens is 2. The first-order chi connectivity index (χ1) is 9.18. The summed E-state index contributed by atoms with van der Waals surface area (Å²) in [6, 6.07) is 9.74. The van der Waals surface area contributed by atoms with Gasteiger partial charge in [0, 0.05) is 18.7 Å². The Morgan fingerprint density at radius 1 is 1.32 bits per heavy atom. The van der Waals surface area contributed by atoms with Crippen molar-refractivity contribution < 1.29 is 9.53 Å². The third kappa shape index (κ3) is 3.44. The zero-order chi connectivity index (χ0) is 13.7. The number of carbonyl (C=O) groups is 1. The predicted octanol–water partition coefficient (Wildman–Crippen LogP) is 2.86. The van der Waals surface area contributed by atoms with Gasteiger partial charge in [-0.2, -0.15) is 5.10 Å². The largest absolute Gasteiger partial charge is 0.494 e. The molecule has 2 rings (SSSR count). The normalized spacial score (nSPS) is 10.4. The number of nitrogens with zero attached hydrogens (tertiary/aromatic N) is 2. The molecule has 1 aromatic carbocycles. The average Bonchev–Trinajstić information content (AvgIpc) is 2.77. The fourth-order valence-corrected chi connectivity index (χ4v) is 1.94. The highest BCUT2D eigenvalue weighted by Crippen LogP contribution is 2.10. The van der Waals surface area contributed by atoms with E-state index in [-0.39, 0.29) is 5.78 Å². The number of Topliss-reactive ketones (excluding diaryl/α,β-unsaturated/α-hetero) is 1. The summed E-state index contributed by atoms with van der Waals surface area (Å²) in [6.07, 6.45) is 2.49. The number of ether oxygens (including phenoxy) is 1. The molecule has 0 saturated heterocycles. The lowest BCUT2D eigenvalue weighted by molar-refractivity contribution is 0.101. The van der Waals surface area contributed by atoms with Crippen LogP contribution in [0.15, 0.2) is 36.5 Å². The standard InChI is InChI=1S/C15H18N2O2/c1-12-15(13(2)18)11-16-17(12)9-6-10-19-14-7-4-3-5-8-14/h3-5,7-8,11H,6,9-10H2,1-2H3. The second-order valence-corrected chi connectivity index (χ2v) is 4.44. The maximum absolute atomic E-state index is 11.3. The van der Waals surface area contributed by atoms with E-state index < -0.39 is 0 Å². The van der Waals surface area contributed by atoms with E-state index in [9.17, 15) is 4.79 Å². The maximum atomic E-state index is 11.3. The van der Waals surface area contributed by atoms with Crippen LogP contribution in [-0.4, -0.2) is 22.2 Å². The Bertz CT molecular complexity index is 547. The molecule has 100 valence electrons. The highest BCUT2D eigenvalue weighted by molar-refractivity contribution is 5.94. The van der Waals surface area contributed by atoms with Crippen molar-refractivity contribution in [1.82, 2.24) is 9.78 Å². The maximum Gasteiger partial charge on any atom is 0.163 e. The van der Waals surface area contributed by atoms with E-state index in [1.165, 1.54) is 0 Å². The van der Waals surface area contributed by atoms with Gasteiger partial charge in [0.25, 0.3) is 0 Å². The number of hydrogen-bond donors (Lipinski definition) is 0. The fourth-order valence-electron chi connectivity index (χ4n) is 1.94. The van der Waals surface area contributed by atoms with Crippen molar-refractivity contribution in [1.29, 1.82) is 0 Å². The summed E-state index contributed by atoms with van der Waals surface area (Å²) in [5.74, 6) is 0.938. The molecule has 0 aliphatic heterocycles. The molecule has 0 amide bonds. The van der Waals surface area contributed by atoms with Crippen molar-refractivity contribution in [3.63, 3.8) is 0 Å². The topological polar surface area (TPSA) is 44.1 Å². The second kappa shape index (κ2) is 6.18. The van der Waals surface area contributed by atoms with Crippen LogP contribution >= 0.6 is 0 Å². The van der Waals surface area contributed by atoms with Crippen molar-refractivity contribution in [3.8, 4) is 5.75 Å². The van der Waals surface area contributed by atoms with Crippen molar-refractivity contribution in [3.05, 3.63) is 47.8 Å². The molecule has 4 heteroatoms. The van der Waals surface area contributed by atoms with Gasteiger partial charge in [0.15, 0.2) is 5.78 Å². The number of hydrogen-bond acceptors (Lipinski definition) is 3. The van der Waals surface area contributed by atoms with Gasteiger partial charge in [0.1, 0.15) is 5.75 Å². The Kier molecular flexibility index (Phi) is 4.34. The van der Waals surface area contributed by atoms with Crippen LogP contribution in [0.3, 0.4) is 0 Å². The first-order valence-electron chi connectivity index (χ1n) is 6.39. The summed E-state index contributed by atoms with van der Waals surface area (Å²) >= 11 is 0. The van der Waals surface area contributed by atoms with Crippen molar-refractivity contribution in [2.24, 2.45) is 0 Å². The summed E-state index contributed by atoms with van der Waals surface area (Å²) in [5, 5.41) is 4.22. The van der Waals surface area contributed by atoms with Gasteiger partial charge in [0.2, 0.25) is 0 Å². The average molecular weight is 258 g/mol. The quantitative estimate of drug-likeness (QED) is 0.591. The van der Waals surface area contributed by atoms with Crippen LogP contribution in [0.5, 0.6) is 5.75 Å². The molecule has 0 bridgehead atoms. The number of aryl methyl sites for hydroxylation is 1. The number of para-hydroxylation sites is 1. The molecule has 0 atom stereocenters. The highest BCUT2D eigenvalue weighted by atomic mass is 16.5. The summed E-state index contributed by atoms with van der Waals surface area (Å²) in [6.45, 7) is 4.87. The monoisotopic (exact) mass is 258 g/mol. The molecule has 0 saturated carbocycles. The number of rotatable bonds is 6. The molecule has 0 radical (unpaired) electrons. The lowest BCUT2D eigenvalue weighted by Gasteiger charge is -2.07. The van der Waals surface area contributed by atoms with Gasteiger partial charge < -0.3 is 4.74 Å². The molecule has 0 aliphatic carbocycles. The van der Waals surface area contributed by atoms with Gasteiger partial charge in [-0.25, -0.2) is 0 Å². The highest BCUT2D eigenvalue weighted by Gasteiger charge is 2.09. The van der Waals surface area contributed by atoms with Crippen molar-refractivity contribution in [2.75, 3.05) is 6.61 Å². The summed E-state index contributed by atoms with van der Waals surface area (Å²) in [4.78, 5) is 11.3. The zero-order valence-electron chi connectivity index (χ0n) is 11.3. The molecule has 1 aromatic heterocycles. The van der Waals surface area contributed by atoms with Crippen LogP contribution in [0.1, 0.15) is 29.4 Å². The van der Waals surface area contributed by atoms with E-state index in [1.807, 2.05) is 41.9 Å². The molecule has 1 heterocycles. The van der Waals surface area contributed by atoms with Crippen LogP contribution in [0.25, 0.3) is 0 Å². The zero-order valence-corrected chi connectivity index (χ0v) is 11.3. The van der Waals surface area contributed by atoms with E-state index in [1.54, 1.807) is 13.1 Å². The molecule has 2 aromatic rings. The van der Waals surface area contributed by atoms with E-state index in [0.717, 1.165) is 24.4 Å². The first kappa shape index (κ1) is 13.3. The molecule has 4 nitrogen and oxygen atoms in total. The molecule has 0 N–H and O–H groups in total. The molecule has 0 fully saturated rings. The van der Waals surface area contributed by atoms with Gasteiger partial charge in [-0.3, -0.25) is 9.48 Å². The lowest BCUT2D eigenvalue weighted by atomic mass is 10.2.